The van der Waals surface area contributed by atoms with Crippen molar-refractivity contribution < 1.29 is 13.9 Å². The Labute approximate surface area is 105 Å². The number of nitrogens with zero attached hydrogens (tertiary/aromatic N) is 2. The maximum absolute atomic E-state index is 12.3. The summed E-state index contributed by atoms with van der Waals surface area (Å²) in [4.78, 5) is 14.0. The zero-order valence-electron chi connectivity index (χ0n) is 9.91. The number of rotatable bonds is 2. The summed E-state index contributed by atoms with van der Waals surface area (Å²) in [6.07, 6.45) is 2.45. The van der Waals surface area contributed by atoms with Crippen LogP contribution in [0.5, 0.6) is 0 Å². The monoisotopic (exact) mass is 246 g/mol. The van der Waals surface area contributed by atoms with Gasteiger partial charge < -0.3 is 14.1 Å². The molecule has 0 radical (unpaired) electrons. The zero-order chi connectivity index (χ0) is 12.5. The summed E-state index contributed by atoms with van der Waals surface area (Å²) in [6.45, 7) is 1.35. The molecule has 5 heteroatoms. The van der Waals surface area contributed by atoms with E-state index in [1.54, 1.807) is 11.2 Å². The number of nitriles is 1. The van der Waals surface area contributed by atoms with Gasteiger partial charge in [0.2, 0.25) is 5.91 Å². The van der Waals surface area contributed by atoms with Gasteiger partial charge >= 0.3 is 0 Å². The van der Waals surface area contributed by atoms with Crippen molar-refractivity contribution in [3.63, 3.8) is 0 Å². The lowest BCUT2D eigenvalue weighted by molar-refractivity contribution is -0.139. The third kappa shape index (κ3) is 1.89. The number of furan rings is 1. The van der Waals surface area contributed by atoms with Crippen LogP contribution in [0.3, 0.4) is 0 Å². The number of hydrogen-bond acceptors (Lipinski definition) is 4. The molecule has 0 unspecified atom stereocenters. The van der Waals surface area contributed by atoms with E-state index in [1.165, 1.54) is 0 Å². The molecule has 0 bridgehead atoms. The Morgan fingerprint density at radius 2 is 2.44 bits per heavy atom. The highest BCUT2D eigenvalue weighted by Crippen LogP contribution is 2.48. The normalized spacial score (nSPS) is 30.8. The maximum atomic E-state index is 12.3. The van der Waals surface area contributed by atoms with Crippen molar-refractivity contribution in [3.05, 3.63) is 24.2 Å². The molecule has 3 rings (SSSR count). The van der Waals surface area contributed by atoms with Crippen LogP contribution < -0.4 is 0 Å². The van der Waals surface area contributed by atoms with Crippen LogP contribution in [0, 0.1) is 17.2 Å². The highest BCUT2D eigenvalue weighted by molar-refractivity contribution is 5.83. The second-order valence-electron chi connectivity index (χ2n) is 4.72. The van der Waals surface area contributed by atoms with Gasteiger partial charge in [-0.05, 0) is 18.6 Å². The predicted molar refractivity (Wildman–Crippen MR) is 61.5 cm³/mol. The molecule has 1 aliphatic heterocycles. The fourth-order valence-electron chi connectivity index (χ4n) is 2.47. The number of amides is 1. The second-order valence-corrected chi connectivity index (χ2v) is 4.72. The highest BCUT2D eigenvalue weighted by atomic mass is 16.5. The van der Waals surface area contributed by atoms with Crippen LogP contribution in [0.25, 0.3) is 0 Å². The van der Waals surface area contributed by atoms with Gasteiger partial charge in [0.05, 0.1) is 25.5 Å². The van der Waals surface area contributed by atoms with Crippen LogP contribution in [-0.4, -0.2) is 36.6 Å². The molecule has 0 N–H and O–H groups in total. The fraction of sp³-hybridized carbons (Fsp3) is 0.538. The Bertz CT molecular complexity index is 477. The SMILES string of the molecule is N#C[C@@H]1COCCN1C(=O)[C@@H]1C[C@H]1c1ccco1. The standard InChI is InChI=1S/C13H14N2O3/c14-7-9-8-17-5-3-15(9)13(16)11-6-10(11)12-2-1-4-18-12/h1-2,4,9-11H,3,5-6,8H2/t9-,10-,11-/m1/s1. The lowest BCUT2D eigenvalue weighted by atomic mass is 10.2. The van der Waals surface area contributed by atoms with E-state index in [0.717, 1.165) is 12.2 Å². The third-order valence-corrected chi connectivity index (χ3v) is 3.58. The lowest BCUT2D eigenvalue weighted by Crippen LogP contribution is -2.48. The highest BCUT2D eigenvalue weighted by Gasteiger charge is 2.48. The van der Waals surface area contributed by atoms with Gasteiger partial charge in [-0.15, -0.1) is 0 Å². The Balaban J connectivity index is 1.67. The molecule has 0 spiro atoms. The molecule has 2 heterocycles. The van der Waals surface area contributed by atoms with E-state index in [0.29, 0.717) is 19.8 Å². The summed E-state index contributed by atoms with van der Waals surface area (Å²) in [5.41, 5.74) is 0. The first kappa shape index (κ1) is 11.3. The van der Waals surface area contributed by atoms with E-state index >= 15 is 0 Å². The first-order valence-electron chi connectivity index (χ1n) is 6.12. The maximum Gasteiger partial charge on any atom is 0.227 e. The molecule has 1 amide bonds. The molecule has 1 aliphatic carbocycles. The fourth-order valence-corrected chi connectivity index (χ4v) is 2.47. The van der Waals surface area contributed by atoms with Gasteiger partial charge in [0, 0.05) is 18.4 Å². The molecule has 3 atom stereocenters. The van der Waals surface area contributed by atoms with Crippen molar-refractivity contribution >= 4 is 5.91 Å². The van der Waals surface area contributed by atoms with Gasteiger partial charge in [0.25, 0.3) is 0 Å². The zero-order valence-corrected chi connectivity index (χ0v) is 9.91. The summed E-state index contributed by atoms with van der Waals surface area (Å²) in [5, 5.41) is 9.02. The minimum absolute atomic E-state index is 0.0231. The summed E-state index contributed by atoms with van der Waals surface area (Å²) in [6, 6.07) is 5.42. The quantitative estimate of drug-likeness (QED) is 0.784. The van der Waals surface area contributed by atoms with Crippen LogP contribution in [0.15, 0.2) is 22.8 Å². The Hall–Kier alpha value is -1.80. The Morgan fingerprint density at radius 3 is 3.17 bits per heavy atom. The van der Waals surface area contributed by atoms with Gasteiger partial charge in [-0.2, -0.15) is 5.26 Å². The number of carbonyl (C=O) groups excluding carboxylic acids is 1. The van der Waals surface area contributed by atoms with E-state index in [9.17, 15) is 4.79 Å². The first-order valence-corrected chi connectivity index (χ1v) is 6.12. The number of ether oxygens (including phenoxy) is 1. The lowest BCUT2D eigenvalue weighted by Gasteiger charge is -2.31. The average Bonchev–Trinajstić information content (AvgIpc) is 3.03. The minimum Gasteiger partial charge on any atom is -0.469 e. The van der Waals surface area contributed by atoms with E-state index in [2.05, 4.69) is 6.07 Å². The van der Waals surface area contributed by atoms with Crippen molar-refractivity contribution in [2.75, 3.05) is 19.8 Å². The van der Waals surface area contributed by atoms with Crippen LogP contribution in [-0.2, 0) is 9.53 Å². The Morgan fingerprint density at radius 1 is 1.56 bits per heavy atom. The largest absolute Gasteiger partial charge is 0.469 e. The summed E-state index contributed by atoms with van der Waals surface area (Å²) in [7, 11) is 0. The molecule has 2 aliphatic rings. The van der Waals surface area contributed by atoms with Crippen LogP contribution in [0.2, 0.25) is 0 Å². The van der Waals surface area contributed by atoms with Gasteiger partial charge in [0.15, 0.2) is 0 Å². The summed E-state index contributed by atoms with van der Waals surface area (Å²) in [5.74, 6) is 1.10. The second kappa shape index (κ2) is 4.46. The predicted octanol–water partition coefficient (Wildman–Crippen LogP) is 1.13. The van der Waals surface area contributed by atoms with Crippen LogP contribution >= 0.6 is 0 Å². The summed E-state index contributed by atoms with van der Waals surface area (Å²) < 4.78 is 10.5. The smallest absolute Gasteiger partial charge is 0.227 e. The molecular weight excluding hydrogens is 232 g/mol. The molecule has 0 aromatic carbocycles. The van der Waals surface area contributed by atoms with Crippen molar-refractivity contribution in [2.45, 2.75) is 18.4 Å². The van der Waals surface area contributed by atoms with Crippen LogP contribution in [0.4, 0.5) is 0 Å². The minimum atomic E-state index is -0.441. The first-order chi connectivity index (χ1) is 8.81. The van der Waals surface area contributed by atoms with E-state index in [-0.39, 0.29) is 17.7 Å². The van der Waals surface area contributed by atoms with Crippen molar-refractivity contribution in [1.29, 1.82) is 5.26 Å². The van der Waals surface area contributed by atoms with Gasteiger partial charge in [0.1, 0.15) is 11.8 Å². The van der Waals surface area contributed by atoms with Gasteiger partial charge in [-0.25, -0.2) is 0 Å². The molecule has 1 saturated heterocycles. The van der Waals surface area contributed by atoms with E-state index < -0.39 is 6.04 Å². The van der Waals surface area contributed by atoms with Gasteiger partial charge in [-0.3, -0.25) is 4.79 Å². The van der Waals surface area contributed by atoms with Crippen LogP contribution in [0.1, 0.15) is 18.1 Å². The molecule has 2 fully saturated rings. The molecular formula is C13H14N2O3. The topological polar surface area (TPSA) is 66.5 Å². The van der Waals surface area contributed by atoms with Crippen molar-refractivity contribution in [1.82, 2.24) is 4.90 Å². The third-order valence-electron chi connectivity index (χ3n) is 3.58. The molecule has 5 nitrogen and oxygen atoms in total. The Kier molecular flexibility index (Phi) is 2.80. The number of carbonyl (C=O) groups is 1. The van der Waals surface area contributed by atoms with E-state index in [1.807, 2.05) is 12.1 Å². The molecule has 94 valence electrons. The number of hydrogen-bond donors (Lipinski definition) is 0. The van der Waals surface area contributed by atoms with Crippen molar-refractivity contribution in [2.24, 2.45) is 5.92 Å². The molecule has 1 saturated carbocycles. The van der Waals surface area contributed by atoms with Crippen molar-refractivity contribution in [3.8, 4) is 6.07 Å². The number of morpholine rings is 1. The van der Waals surface area contributed by atoms with Gasteiger partial charge in [-0.1, -0.05) is 0 Å². The van der Waals surface area contributed by atoms with E-state index in [4.69, 9.17) is 14.4 Å². The molecule has 1 aromatic rings. The summed E-state index contributed by atoms with van der Waals surface area (Å²) >= 11 is 0. The molecule has 18 heavy (non-hydrogen) atoms. The average molecular weight is 246 g/mol. The molecule has 1 aromatic heterocycles.